The van der Waals surface area contributed by atoms with E-state index in [1.807, 2.05) is 36.6 Å². The van der Waals surface area contributed by atoms with Gasteiger partial charge >= 0.3 is 0 Å². The van der Waals surface area contributed by atoms with Gasteiger partial charge in [-0.25, -0.2) is 4.39 Å². The number of fused-ring (bicyclic) bond motifs is 1. The smallest absolute Gasteiger partial charge is 0.283 e. The fourth-order valence-corrected chi connectivity index (χ4v) is 4.58. The predicted molar refractivity (Wildman–Crippen MR) is 124 cm³/mol. The molecule has 32 heavy (non-hydrogen) atoms. The lowest BCUT2D eigenvalue weighted by Gasteiger charge is -2.20. The summed E-state index contributed by atoms with van der Waals surface area (Å²) in [5.74, 6) is -0.858. The van der Waals surface area contributed by atoms with Crippen LogP contribution in [0, 0.1) is 25.1 Å². The minimum atomic E-state index is -0.494. The predicted octanol–water partition coefficient (Wildman–Crippen LogP) is 4.30. The van der Waals surface area contributed by atoms with Crippen molar-refractivity contribution in [2.75, 3.05) is 0 Å². The van der Waals surface area contributed by atoms with Crippen LogP contribution in [-0.2, 0) is 4.79 Å². The Morgan fingerprint density at radius 3 is 2.75 bits per heavy atom. The second-order valence-corrected chi connectivity index (χ2v) is 8.26. The Morgan fingerprint density at radius 1 is 1.16 bits per heavy atom. The number of benzene rings is 1. The number of carbonyl (C=O) groups is 1. The molecular weight excluding hydrogens is 427 g/mol. The molecule has 158 valence electrons. The fourth-order valence-electron chi connectivity index (χ4n) is 3.70. The van der Waals surface area contributed by atoms with Crippen LogP contribution in [0.2, 0.25) is 0 Å². The van der Waals surface area contributed by atoms with Crippen LogP contribution in [0.15, 0.2) is 70.5 Å². The molecule has 0 atom stereocenters. The molecule has 1 N–H and O–H groups in total. The quantitative estimate of drug-likeness (QED) is 0.611. The molecule has 0 bridgehead atoms. The average Bonchev–Trinajstić information content (AvgIpc) is 3.32. The van der Waals surface area contributed by atoms with Gasteiger partial charge in [-0.3, -0.25) is 15.2 Å². The Labute approximate surface area is 187 Å². The van der Waals surface area contributed by atoms with Crippen LogP contribution in [0.3, 0.4) is 0 Å². The number of amides is 1. The highest BCUT2D eigenvalue weighted by Gasteiger charge is 2.36. The summed E-state index contributed by atoms with van der Waals surface area (Å²) in [6.07, 6.45) is 4.99. The minimum absolute atomic E-state index is 0.0399. The van der Waals surface area contributed by atoms with Gasteiger partial charge in [-0.2, -0.15) is 15.1 Å². The average molecular weight is 444 g/mol. The van der Waals surface area contributed by atoms with Gasteiger partial charge in [-0.05, 0) is 73.6 Å². The first-order chi connectivity index (χ1) is 15.4. The number of thioether (sulfide) groups is 1. The second-order valence-electron chi connectivity index (χ2n) is 7.31. The molecule has 0 saturated carbocycles. The van der Waals surface area contributed by atoms with Gasteiger partial charge in [0, 0.05) is 35.0 Å². The van der Waals surface area contributed by atoms with E-state index in [-0.39, 0.29) is 17.2 Å². The Balaban J connectivity index is 1.52. The Hall–Kier alpha value is -3.85. The minimum Gasteiger partial charge on any atom is -0.318 e. The molecule has 1 aromatic carbocycles. The summed E-state index contributed by atoms with van der Waals surface area (Å²) in [6.45, 7) is 3.80. The zero-order chi connectivity index (χ0) is 22.4. The summed E-state index contributed by atoms with van der Waals surface area (Å²) in [5.41, 5.74) is 4.08. The van der Waals surface area contributed by atoms with E-state index in [1.165, 1.54) is 28.9 Å². The van der Waals surface area contributed by atoms with Crippen LogP contribution in [0.4, 0.5) is 4.39 Å². The lowest BCUT2D eigenvalue weighted by atomic mass is 10.1. The zero-order valence-electron chi connectivity index (χ0n) is 17.2. The van der Waals surface area contributed by atoms with E-state index in [9.17, 15) is 9.18 Å². The standard InChI is InChI=1S/C23H17FN6OS/c1-13-9-16(14(2)29(13)18-7-3-6-17(24)11-18)10-19-20(25)30-23(27-21(19)31)32-22(28-30)15-5-4-8-26-12-15/h3-12,25H,1-2H3/b19-10+,25-20?. The molecule has 5 rings (SSSR count). The first-order valence-corrected chi connectivity index (χ1v) is 10.6. The number of hydrogen-bond donors (Lipinski definition) is 1. The first-order valence-electron chi connectivity index (χ1n) is 9.78. The van der Waals surface area contributed by atoms with Gasteiger partial charge in [-0.15, -0.1) is 0 Å². The molecule has 0 spiro atoms. The third-order valence-electron chi connectivity index (χ3n) is 5.20. The summed E-state index contributed by atoms with van der Waals surface area (Å²) >= 11 is 1.23. The van der Waals surface area contributed by atoms with Gasteiger partial charge in [0.15, 0.2) is 5.84 Å². The lowest BCUT2D eigenvalue weighted by molar-refractivity contribution is -0.114. The maximum absolute atomic E-state index is 13.7. The number of pyridine rings is 1. The first kappa shape index (κ1) is 20.1. The molecule has 0 aliphatic carbocycles. The van der Waals surface area contributed by atoms with Crippen molar-refractivity contribution in [2.45, 2.75) is 13.8 Å². The van der Waals surface area contributed by atoms with E-state index in [2.05, 4.69) is 15.1 Å². The van der Waals surface area contributed by atoms with Crippen molar-refractivity contribution in [1.82, 2.24) is 14.6 Å². The number of hydrazone groups is 1. The molecule has 2 aliphatic rings. The van der Waals surface area contributed by atoms with E-state index in [0.717, 1.165) is 22.5 Å². The molecule has 0 radical (unpaired) electrons. The number of halogens is 1. The third-order valence-corrected chi connectivity index (χ3v) is 6.16. The van der Waals surface area contributed by atoms with Crippen LogP contribution < -0.4 is 0 Å². The van der Waals surface area contributed by atoms with Crippen molar-refractivity contribution < 1.29 is 9.18 Å². The summed E-state index contributed by atoms with van der Waals surface area (Å²) < 4.78 is 15.6. The molecule has 0 unspecified atom stereocenters. The Morgan fingerprint density at radius 2 is 2.00 bits per heavy atom. The molecule has 1 amide bonds. The van der Waals surface area contributed by atoms with Crippen molar-refractivity contribution in [3.05, 3.63) is 88.8 Å². The number of amidine groups is 2. The highest BCUT2D eigenvalue weighted by atomic mass is 32.2. The summed E-state index contributed by atoms with van der Waals surface area (Å²) in [7, 11) is 0. The highest BCUT2D eigenvalue weighted by molar-refractivity contribution is 8.27. The number of aryl methyl sites for hydroxylation is 1. The van der Waals surface area contributed by atoms with Gasteiger partial charge in [-0.1, -0.05) is 6.07 Å². The normalized spacial score (nSPS) is 17.0. The van der Waals surface area contributed by atoms with E-state index < -0.39 is 5.91 Å². The van der Waals surface area contributed by atoms with Crippen molar-refractivity contribution in [3.63, 3.8) is 0 Å². The van der Waals surface area contributed by atoms with Crippen LogP contribution in [0.25, 0.3) is 11.8 Å². The van der Waals surface area contributed by atoms with Crippen LogP contribution in [-0.4, -0.2) is 36.5 Å². The number of nitrogens with one attached hydrogen (secondary N) is 1. The van der Waals surface area contributed by atoms with Gasteiger partial charge in [0.05, 0.1) is 5.57 Å². The van der Waals surface area contributed by atoms with Gasteiger partial charge < -0.3 is 4.57 Å². The number of aliphatic imine (C=N–C) groups is 1. The molecule has 2 aromatic heterocycles. The number of nitrogens with zero attached hydrogens (tertiary/aromatic N) is 5. The number of hydrogen-bond acceptors (Lipinski definition) is 5. The monoisotopic (exact) mass is 444 g/mol. The second kappa shape index (κ2) is 7.69. The maximum Gasteiger partial charge on any atom is 0.283 e. The van der Waals surface area contributed by atoms with Crippen LogP contribution in [0.5, 0.6) is 0 Å². The molecule has 3 aromatic rings. The largest absolute Gasteiger partial charge is 0.318 e. The van der Waals surface area contributed by atoms with Crippen molar-refractivity contribution >= 4 is 39.8 Å². The molecule has 0 fully saturated rings. The molecule has 2 aliphatic heterocycles. The van der Waals surface area contributed by atoms with Crippen molar-refractivity contribution in [2.24, 2.45) is 10.1 Å². The molecular formula is C23H17FN6OS. The van der Waals surface area contributed by atoms with E-state index in [0.29, 0.717) is 15.9 Å². The Kier molecular flexibility index (Phi) is 4.82. The number of carbonyl (C=O) groups excluding carboxylic acids is 1. The van der Waals surface area contributed by atoms with Crippen molar-refractivity contribution in [3.8, 4) is 5.69 Å². The summed E-state index contributed by atoms with van der Waals surface area (Å²) in [5, 5.41) is 15.4. The summed E-state index contributed by atoms with van der Waals surface area (Å²) in [4.78, 5) is 21.0. The maximum atomic E-state index is 13.7. The lowest BCUT2D eigenvalue weighted by Crippen LogP contribution is -2.35. The van der Waals surface area contributed by atoms with Crippen molar-refractivity contribution in [1.29, 1.82) is 5.41 Å². The number of rotatable bonds is 3. The van der Waals surface area contributed by atoms with E-state index in [4.69, 9.17) is 5.41 Å². The molecule has 9 heteroatoms. The van der Waals surface area contributed by atoms with Gasteiger partial charge in [0.1, 0.15) is 10.9 Å². The molecule has 0 saturated heterocycles. The van der Waals surface area contributed by atoms with E-state index in [1.54, 1.807) is 30.6 Å². The van der Waals surface area contributed by atoms with E-state index >= 15 is 0 Å². The third kappa shape index (κ3) is 3.36. The van der Waals surface area contributed by atoms with Gasteiger partial charge in [0.2, 0.25) is 5.17 Å². The highest BCUT2D eigenvalue weighted by Crippen LogP contribution is 2.31. The SMILES string of the molecule is Cc1cc(/C=C2\C(=N)N3N=C(c4cccnc4)SC3=NC2=O)c(C)n1-c1cccc(F)c1. The molecule has 7 nitrogen and oxygen atoms in total. The molecule has 4 heterocycles. The fraction of sp³-hybridized carbons (Fsp3) is 0.0870. The number of aromatic nitrogens is 2. The Bertz CT molecular complexity index is 1370. The van der Waals surface area contributed by atoms with Crippen LogP contribution in [0.1, 0.15) is 22.5 Å². The zero-order valence-corrected chi connectivity index (χ0v) is 18.0. The van der Waals surface area contributed by atoms with Crippen LogP contribution >= 0.6 is 11.8 Å². The van der Waals surface area contributed by atoms with Gasteiger partial charge in [0.25, 0.3) is 5.91 Å². The summed E-state index contributed by atoms with van der Waals surface area (Å²) in [6, 6.07) is 11.9. The topological polar surface area (TPSA) is 86.7 Å².